The van der Waals surface area contributed by atoms with E-state index >= 15 is 0 Å². The lowest BCUT2D eigenvalue weighted by Gasteiger charge is -2.34. The Morgan fingerprint density at radius 1 is 1.38 bits per heavy atom. The van der Waals surface area contributed by atoms with Gasteiger partial charge in [-0.15, -0.1) is 0 Å². The van der Waals surface area contributed by atoms with E-state index in [0.29, 0.717) is 18.5 Å². The first kappa shape index (κ1) is 19.8. The number of anilines is 1. The highest BCUT2D eigenvalue weighted by Crippen LogP contribution is 2.28. The Hall–Kier alpha value is -2.45. The van der Waals surface area contributed by atoms with Gasteiger partial charge in [-0.05, 0) is 18.9 Å². The second-order valence-electron chi connectivity index (χ2n) is 7.89. The molecular weight excluding hydrogens is 373 g/mol. The first-order valence-electron chi connectivity index (χ1n) is 10.1. The van der Waals surface area contributed by atoms with Gasteiger partial charge in [0.05, 0.1) is 26.4 Å². The highest BCUT2D eigenvalue weighted by molar-refractivity contribution is 5.94. The zero-order valence-electron chi connectivity index (χ0n) is 16.7. The van der Waals surface area contributed by atoms with Crippen molar-refractivity contribution in [1.29, 1.82) is 0 Å². The number of carbonyl (C=O) groups excluding carboxylic acids is 1. The molecule has 0 bridgehead atoms. The maximum Gasteiger partial charge on any atom is 0.238 e. The summed E-state index contributed by atoms with van der Waals surface area (Å²) in [5.74, 6) is 0.522. The molecule has 2 saturated heterocycles. The molecule has 0 spiro atoms. The smallest absolute Gasteiger partial charge is 0.238 e. The van der Waals surface area contributed by atoms with Crippen LogP contribution in [0.2, 0.25) is 0 Å². The Labute approximate surface area is 170 Å². The molecule has 1 aromatic carbocycles. The number of likely N-dealkylation sites (tertiary alicyclic amines) is 2. The summed E-state index contributed by atoms with van der Waals surface area (Å²) in [7, 11) is 1.62. The number of aromatic nitrogens is 1. The van der Waals surface area contributed by atoms with Crippen LogP contribution in [0.5, 0.6) is 5.88 Å². The normalized spacial score (nSPS) is 23.5. The van der Waals surface area contributed by atoms with E-state index in [1.54, 1.807) is 7.11 Å². The van der Waals surface area contributed by atoms with Crippen LogP contribution in [0.1, 0.15) is 19.3 Å². The summed E-state index contributed by atoms with van der Waals surface area (Å²) >= 11 is 0. The summed E-state index contributed by atoms with van der Waals surface area (Å²) in [5.41, 5.74) is 6.94. The highest BCUT2D eigenvalue weighted by Gasteiger charge is 2.33. The first-order valence-corrected chi connectivity index (χ1v) is 10.1. The molecule has 3 N–H and O–H groups in total. The van der Waals surface area contributed by atoms with E-state index in [9.17, 15) is 9.18 Å². The predicted octanol–water partition coefficient (Wildman–Crippen LogP) is 1.97. The van der Waals surface area contributed by atoms with E-state index in [1.807, 2.05) is 24.4 Å². The van der Waals surface area contributed by atoms with Crippen LogP contribution in [0.15, 0.2) is 30.5 Å². The van der Waals surface area contributed by atoms with E-state index in [-0.39, 0.29) is 18.9 Å². The van der Waals surface area contributed by atoms with Crippen molar-refractivity contribution in [1.82, 2.24) is 14.8 Å². The summed E-state index contributed by atoms with van der Waals surface area (Å²) in [6.07, 6.45) is 2.43. The summed E-state index contributed by atoms with van der Waals surface area (Å²) in [6, 6.07) is 8.40. The van der Waals surface area contributed by atoms with Crippen LogP contribution in [0.4, 0.5) is 10.1 Å². The molecule has 1 aromatic heterocycles. The van der Waals surface area contributed by atoms with Crippen molar-refractivity contribution in [3.05, 3.63) is 30.5 Å². The molecule has 1 amide bonds. The van der Waals surface area contributed by atoms with Crippen molar-refractivity contribution in [2.75, 3.05) is 38.6 Å². The number of pyridine rings is 1. The van der Waals surface area contributed by atoms with Gasteiger partial charge >= 0.3 is 0 Å². The minimum absolute atomic E-state index is 0.0716. The van der Waals surface area contributed by atoms with Gasteiger partial charge in [0.25, 0.3) is 0 Å². The predicted molar refractivity (Wildman–Crippen MR) is 111 cm³/mol. The average Bonchev–Trinajstić information content (AvgIpc) is 3.07. The number of piperidine rings is 1. The molecule has 0 radical (unpaired) electrons. The number of nitrogens with zero attached hydrogens (tertiary/aromatic N) is 3. The monoisotopic (exact) mass is 401 g/mol. The lowest BCUT2D eigenvalue weighted by molar-refractivity contribution is -0.133. The number of hydrogen-bond acceptors (Lipinski definition) is 6. The van der Waals surface area contributed by atoms with Gasteiger partial charge in [0.1, 0.15) is 6.17 Å². The number of rotatable bonds is 5. The van der Waals surface area contributed by atoms with Crippen LogP contribution in [0.3, 0.4) is 0 Å². The topological polar surface area (TPSA) is 83.7 Å². The standard InChI is InChI=1S/C21H28FN5O2/c1-29-20-10-17-14(11-24-20)3-2-4-18(17)25-16-5-7-26(8-6-16)13-21(28)27-12-15(22)9-19(27)23/h2-4,10-11,15-16,19,25H,5-9,12-13,23H2,1H3/t15-,19-/m0/s1. The lowest BCUT2D eigenvalue weighted by atomic mass is 10.0. The summed E-state index contributed by atoms with van der Waals surface area (Å²) in [5, 5.41) is 5.79. The van der Waals surface area contributed by atoms with Gasteiger partial charge in [-0.3, -0.25) is 9.69 Å². The summed E-state index contributed by atoms with van der Waals surface area (Å²) < 4.78 is 18.7. The number of fused-ring (bicyclic) bond motifs is 1. The maximum absolute atomic E-state index is 13.5. The van der Waals surface area contributed by atoms with E-state index < -0.39 is 12.3 Å². The molecule has 156 valence electrons. The second kappa shape index (κ2) is 8.51. The Balaban J connectivity index is 1.33. The molecule has 4 rings (SSSR count). The van der Waals surface area contributed by atoms with E-state index in [1.165, 1.54) is 4.90 Å². The minimum atomic E-state index is -1.00. The number of hydrogen-bond donors (Lipinski definition) is 2. The number of nitrogens with one attached hydrogen (secondary N) is 1. The zero-order valence-corrected chi connectivity index (χ0v) is 16.7. The van der Waals surface area contributed by atoms with Crippen molar-refractivity contribution in [3.63, 3.8) is 0 Å². The van der Waals surface area contributed by atoms with Crippen molar-refractivity contribution in [2.45, 2.75) is 37.6 Å². The van der Waals surface area contributed by atoms with Gasteiger partial charge in [-0.2, -0.15) is 0 Å². The second-order valence-corrected chi connectivity index (χ2v) is 7.89. The summed E-state index contributed by atoms with van der Waals surface area (Å²) in [6.45, 7) is 2.07. The van der Waals surface area contributed by atoms with Crippen LogP contribution >= 0.6 is 0 Å². The van der Waals surface area contributed by atoms with Crippen LogP contribution in [0.25, 0.3) is 10.8 Å². The Kier molecular flexibility index (Phi) is 5.82. The van der Waals surface area contributed by atoms with Gasteiger partial charge in [0, 0.05) is 54.3 Å². The van der Waals surface area contributed by atoms with Gasteiger partial charge in [-0.1, -0.05) is 12.1 Å². The van der Waals surface area contributed by atoms with E-state index in [0.717, 1.165) is 42.4 Å². The fraction of sp³-hybridized carbons (Fsp3) is 0.524. The number of methoxy groups -OCH3 is 1. The van der Waals surface area contributed by atoms with Gasteiger partial charge < -0.3 is 20.7 Å². The molecule has 0 aliphatic carbocycles. The molecule has 0 unspecified atom stereocenters. The number of benzene rings is 1. The molecule has 2 aliphatic rings. The average molecular weight is 401 g/mol. The molecule has 2 fully saturated rings. The van der Waals surface area contributed by atoms with Gasteiger partial charge in [0.15, 0.2) is 0 Å². The van der Waals surface area contributed by atoms with Gasteiger partial charge in [0.2, 0.25) is 11.8 Å². The van der Waals surface area contributed by atoms with Crippen LogP contribution < -0.4 is 15.8 Å². The molecular formula is C21H28FN5O2. The largest absolute Gasteiger partial charge is 0.481 e. The van der Waals surface area contributed by atoms with Crippen LogP contribution in [-0.2, 0) is 4.79 Å². The Morgan fingerprint density at radius 2 is 2.17 bits per heavy atom. The third-order valence-corrected chi connectivity index (χ3v) is 5.87. The maximum atomic E-state index is 13.5. The minimum Gasteiger partial charge on any atom is -0.481 e. The van der Waals surface area contributed by atoms with Crippen LogP contribution in [0, 0.1) is 0 Å². The Bertz CT molecular complexity index is 871. The number of ether oxygens (including phenoxy) is 1. The van der Waals surface area contributed by atoms with Gasteiger partial charge in [-0.25, -0.2) is 9.37 Å². The fourth-order valence-electron chi connectivity index (χ4n) is 4.22. The van der Waals surface area contributed by atoms with E-state index in [2.05, 4.69) is 21.3 Å². The molecule has 2 aromatic rings. The highest BCUT2D eigenvalue weighted by atomic mass is 19.1. The third kappa shape index (κ3) is 4.43. The van der Waals surface area contributed by atoms with Crippen molar-refractivity contribution in [2.24, 2.45) is 5.73 Å². The molecule has 7 nitrogen and oxygen atoms in total. The Morgan fingerprint density at radius 3 is 2.86 bits per heavy atom. The van der Waals surface area contributed by atoms with Crippen LogP contribution in [-0.4, -0.2) is 72.4 Å². The fourth-order valence-corrected chi connectivity index (χ4v) is 4.22. The number of carbonyl (C=O) groups is 1. The molecule has 3 heterocycles. The number of alkyl halides is 1. The van der Waals surface area contributed by atoms with Crippen molar-refractivity contribution < 1.29 is 13.9 Å². The SMILES string of the molecule is COc1cc2c(NC3CCN(CC(=O)N4C[C@@H](F)C[C@H]4N)CC3)cccc2cn1. The zero-order chi connectivity index (χ0) is 20.4. The number of amides is 1. The molecule has 8 heteroatoms. The number of halogens is 1. The summed E-state index contributed by atoms with van der Waals surface area (Å²) in [4.78, 5) is 20.3. The molecule has 2 atom stereocenters. The first-order chi connectivity index (χ1) is 14.0. The molecule has 29 heavy (non-hydrogen) atoms. The third-order valence-electron chi connectivity index (χ3n) is 5.87. The van der Waals surface area contributed by atoms with Crippen molar-refractivity contribution in [3.8, 4) is 5.88 Å². The molecule has 2 aliphatic heterocycles. The quantitative estimate of drug-likeness (QED) is 0.797. The van der Waals surface area contributed by atoms with E-state index in [4.69, 9.17) is 10.5 Å². The van der Waals surface area contributed by atoms with Crippen molar-refractivity contribution >= 4 is 22.4 Å². The number of nitrogens with two attached hydrogens (primary N) is 1. The molecule has 0 saturated carbocycles. The lowest BCUT2D eigenvalue weighted by Crippen LogP contribution is -2.48.